The molecule has 1 aromatic heterocycles. The first-order valence-electron chi connectivity index (χ1n) is 16.4. The van der Waals surface area contributed by atoms with Crippen molar-refractivity contribution in [2.24, 2.45) is 0 Å². The van der Waals surface area contributed by atoms with Gasteiger partial charge >= 0.3 is 6.09 Å². The molecular formula is C37H48N4O3. The molecule has 3 aromatic rings. The number of ether oxygens (including phenoxy) is 2. The van der Waals surface area contributed by atoms with Crippen molar-refractivity contribution in [2.45, 2.75) is 83.5 Å². The highest BCUT2D eigenvalue weighted by Crippen LogP contribution is 2.43. The third-order valence-corrected chi connectivity index (χ3v) is 9.44. The van der Waals surface area contributed by atoms with Crippen molar-refractivity contribution in [1.82, 2.24) is 19.7 Å². The molecule has 0 aliphatic carbocycles. The number of aromatic nitrogens is 1. The fraction of sp³-hybridized carbons (Fsp3) is 0.514. The second kappa shape index (κ2) is 12.9. The zero-order chi connectivity index (χ0) is 30.7. The number of hydrogen-bond acceptors (Lipinski definition) is 6. The lowest BCUT2D eigenvalue weighted by Gasteiger charge is -2.49. The number of carbonyl (C=O) groups excluding carboxylic acids is 1. The summed E-state index contributed by atoms with van der Waals surface area (Å²) in [6.45, 7) is 15.0. The lowest BCUT2D eigenvalue weighted by atomic mass is 9.69. The summed E-state index contributed by atoms with van der Waals surface area (Å²) in [6, 6.07) is 23.7. The minimum Gasteiger partial charge on any atom is -0.493 e. The number of piperidine rings is 1. The van der Waals surface area contributed by atoms with E-state index < -0.39 is 5.60 Å². The number of carbonyl (C=O) groups is 1. The van der Waals surface area contributed by atoms with Crippen LogP contribution in [-0.4, -0.2) is 76.8 Å². The summed E-state index contributed by atoms with van der Waals surface area (Å²) in [6.07, 6.45) is 4.04. The number of pyridine rings is 1. The van der Waals surface area contributed by atoms with Crippen LogP contribution in [0.5, 0.6) is 5.75 Å². The lowest BCUT2D eigenvalue weighted by Crippen LogP contribution is -2.54. The van der Waals surface area contributed by atoms with E-state index in [-0.39, 0.29) is 17.6 Å². The molecule has 3 aliphatic rings. The Kier molecular flexibility index (Phi) is 8.97. The van der Waals surface area contributed by atoms with Gasteiger partial charge in [-0.3, -0.25) is 14.8 Å². The zero-order valence-electron chi connectivity index (χ0n) is 26.9. The number of nitrogens with zero attached hydrogens (tertiary/aromatic N) is 4. The highest BCUT2D eigenvalue weighted by Gasteiger charge is 2.44. The molecule has 234 valence electrons. The first kappa shape index (κ1) is 30.6. The van der Waals surface area contributed by atoms with Gasteiger partial charge in [-0.05, 0) is 95.8 Å². The molecule has 1 spiro atoms. The highest BCUT2D eigenvalue weighted by molar-refractivity contribution is 5.69. The Bertz CT molecular complexity index is 1430. The van der Waals surface area contributed by atoms with Crippen LogP contribution in [0.1, 0.15) is 70.2 Å². The average Bonchev–Trinajstić information content (AvgIpc) is 3.47. The van der Waals surface area contributed by atoms with Crippen molar-refractivity contribution in [3.63, 3.8) is 0 Å². The fourth-order valence-electron chi connectivity index (χ4n) is 7.42. The van der Waals surface area contributed by atoms with Crippen LogP contribution in [0.3, 0.4) is 0 Å². The number of amides is 1. The van der Waals surface area contributed by atoms with Crippen LogP contribution in [-0.2, 0) is 23.2 Å². The van der Waals surface area contributed by atoms with Crippen LogP contribution in [0.15, 0.2) is 66.7 Å². The largest absolute Gasteiger partial charge is 0.493 e. The quantitative estimate of drug-likeness (QED) is 0.296. The molecule has 1 amide bonds. The molecule has 3 aliphatic heterocycles. The van der Waals surface area contributed by atoms with Gasteiger partial charge in [0.1, 0.15) is 11.4 Å². The van der Waals surface area contributed by atoms with Crippen LogP contribution >= 0.6 is 0 Å². The van der Waals surface area contributed by atoms with Gasteiger partial charge in [0, 0.05) is 49.7 Å². The van der Waals surface area contributed by atoms with Crippen molar-refractivity contribution >= 4 is 6.09 Å². The molecular weight excluding hydrogens is 548 g/mol. The molecule has 0 bridgehead atoms. The van der Waals surface area contributed by atoms with Crippen LogP contribution in [0, 0.1) is 0 Å². The Morgan fingerprint density at radius 3 is 2.45 bits per heavy atom. The summed E-state index contributed by atoms with van der Waals surface area (Å²) in [7, 11) is 0. The first-order valence-corrected chi connectivity index (χ1v) is 16.4. The standard InChI is InChI=1S/C37H48N4O3/c1-5-43-34-16-10-9-15-30(34)32-18-17-31-33(38-32)26-40(25-29-14-11-21-41(29)35(42)44-36(2,3)4)27-37(31)19-22-39(23-20-37)24-28-12-7-6-8-13-28/h6-10,12-13,15-18,29H,5,11,14,19-27H2,1-4H3/t29-/m1/s1. The van der Waals surface area contributed by atoms with Crippen LogP contribution in [0.2, 0.25) is 0 Å². The zero-order valence-corrected chi connectivity index (χ0v) is 26.9. The lowest BCUT2D eigenvalue weighted by molar-refractivity contribution is 0.0166. The number of para-hydroxylation sites is 1. The summed E-state index contributed by atoms with van der Waals surface area (Å²) < 4.78 is 11.8. The van der Waals surface area contributed by atoms with Crippen LogP contribution < -0.4 is 4.74 Å². The molecule has 6 rings (SSSR count). The average molecular weight is 597 g/mol. The Labute approximate surface area is 263 Å². The molecule has 44 heavy (non-hydrogen) atoms. The summed E-state index contributed by atoms with van der Waals surface area (Å²) in [5, 5.41) is 0. The van der Waals surface area contributed by atoms with E-state index in [4.69, 9.17) is 14.5 Å². The van der Waals surface area contributed by atoms with Crippen molar-refractivity contribution in [1.29, 1.82) is 0 Å². The number of rotatable bonds is 7. The van der Waals surface area contributed by atoms with E-state index >= 15 is 0 Å². The van der Waals surface area contributed by atoms with E-state index in [9.17, 15) is 4.79 Å². The monoisotopic (exact) mass is 596 g/mol. The highest BCUT2D eigenvalue weighted by atomic mass is 16.6. The second-order valence-electron chi connectivity index (χ2n) is 13.8. The maximum atomic E-state index is 13.1. The van der Waals surface area contributed by atoms with Gasteiger partial charge in [0.2, 0.25) is 0 Å². The van der Waals surface area contributed by atoms with Crippen molar-refractivity contribution in [3.8, 4) is 17.0 Å². The van der Waals surface area contributed by atoms with Gasteiger partial charge in [0.15, 0.2) is 0 Å². The SMILES string of the molecule is CCOc1ccccc1-c1ccc2c(n1)CN(C[C@H]1CCCN1C(=O)OC(C)(C)C)CC21CCN(Cc2ccccc2)CC1. The molecule has 1 atom stereocenters. The van der Waals surface area contributed by atoms with Gasteiger partial charge in [-0.1, -0.05) is 48.5 Å². The molecule has 2 saturated heterocycles. The second-order valence-corrected chi connectivity index (χ2v) is 13.8. The minimum absolute atomic E-state index is 0.0427. The number of hydrogen-bond donors (Lipinski definition) is 0. The molecule has 4 heterocycles. The smallest absolute Gasteiger partial charge is 0.410 e. The first-order chi connectivity index (χ1) is 21.2. The molecule has 0 radical (unpaired) electrons. The van der Waals surface area contributed by atoms with E-state index in [1.165, 1.54) is 16.8 Å². The van der Waals surface area contributed by atoms with E-state index in [1.807, 2.05) is 44.7 Å². The van der Waals surface area contributed by atoms with Crippen molar-refractivity contribution in [2.75, 3.05) is 39.3 Å². The van der Waals surface area contributed by atoms with Crippen LogP contribution in [0.4, 0.5) is 4.79 Å². The molecule has 7 heteroatoms. The van der Waals surface area contributed by atoms with Gasteiger partial charge in [0.05, 0.1) is 18.0 Å². The normalized spacial score (nSPS) is 20.5. The van der Waals surface area contributed by atoms with Crippen molar-refractivity contribution < 1.29 is 14.3 Å². The third kappa shape index (κ3) is 6.79. The van der Waals surface area contributed by atoms with Gasteiger partial charge in [-0.25, -0.2) is 4.79 Å². The molecule has 2 aromatic carbocycles. The molecule has 2 fully saturated rings. The number of fused-ring (bicyclic) bond motifs is 2. The van der Waals surface area contributed by atoms with E-state index in [1.54, 1.807) is 0 Å². The maximum absolute atomic E-state index is 13.1. The Balaban J connectivity index is 1.27. The predicted molar refractivity (Wildman–Crippen MR) is 175 cm³/mol. The Hall–Kier alpha value is -3.42. The summed E-state index contributed by atoms with van der Waals surface area (Å²) >= 11 is 0. The molecule has 7 nitrogen and oxygen atoms in total. The van der Waals surface area contributed by atoms with Gasteiger partial charge < -0.3 is 14.4 Å². The van der Waals surface area contributed by atoms with Gasteiger partial charge in [-0.15, -0.1) is 0 Å². The van der Waals surface area contributed by atoms with E-state index in [0.29, 0.717) is 6.61 Å². The molecule has 0 unspecified atom stereocenters. The molecule has 0 saturated carbocycles. The Morgan fingerprint density at radius 2 is 1.70 bits per heavy atom. The summed E-state index contributed by atoms with van der Waals surface area (Å²) in [5.74, 6) is 0.873. The van der Waals surface area contributed by atoms with Crippen LogP contribution in [0.25, 0.3) is 11.3 Å². The Morgan fingerprint density at radius 1 is 0.955 bits per heavy atom. The predicted octanol–water partition coefficient (Wildman–Crippen LogP) is 6.90. The minimum atomic E-state index is -0.496. The van der Waals surface area contributed by atoms with Gasteiger partial charge in [-0.2, -0.15) is 0 Å². The van der Waals surface area contributed by atoms with Crippen molar-refractivity contribution in [3.05, 3.63) is 83.6 Å². The number of likely N-dealkylation sites (tertiary alicyclic amines) is 2. The van der Waals surface area contributed by atoms with Gasteiger partial charge in [0.25, 0.3) is 0 Å². The summed E-state index contributed by atoms with van der Waals surface area (Å²) in [5.41, 5.74) is 5.48. The fourth-order valence-corrected chi connectivity index (χ4v) is 7.42. The summed E-state index contributed by atoms with van der Waals surface area (Å²) in [4.78, 5) is 25.6. The maximum Gasteiger partial charge on any atom is 0.410 e. The third-order valence-electron chi connectivity index (χ3n) is 9.44. The number of benzene rings is 2. The van der Waals surface area contributed by atoms with E-state index in [0.717, 1.165) is 88.5 Å². The van der Waals surface area contributed by atoms with E-state index in [2.05, 4.69) is 64.4 Å². The topological polar surface area (TPSA) is 58.1 Å². The molecule has 0 N–H and O–H groups in total.